The lowest BCUT2D eigenvalue weighted by Gasteiger charge is -2.32. The smallest absolute Gasteiger partial charge is 0.432 e. The number of esters is 1. The van der Waals surface area contributed by atoms with E-state index in [4.69, 9.17) is 19.2 Å². The van der Waals surface area contributed by atoms with Crippen molar-refractivity contribution in [3.05, 3.63) is 107 Å². The minimum atomic E-state index is -5.10. The number of alkyl halides is 3. The summed E-state index contributed by atoms with van der Waals surface area (Å²) >= 11 is 1.62. The summed E-state index contributed by atoms with van der Waals surface area (Å²) in [5.41, 5.74) is -0.892. The zero-order valence-electron chi connectivity index (χ0n) is 23.1. The van der Waals surface area contributed by atoms with Crippen LogP contribution in [-0.4, -0.2) is 30.3 Å². The van der Waals surface area contributed by atoms with Crippen LogP contribution in [0.4, 0.5) is 13.2 Å². The molecule has 0 spiro atoms. The second-order valence-corrected chi connectivity index (χ2v) is 10.7. The predicted octanol–water partition coefficient (Wildman–Crippen LogP) is 7.56. The molecule has 0 radical (unpaired) electrons. The number of ether oxygens (including phenoxy) is 3. The molecule has 4 rings (SSSR count). The Morgan fingerprint density at radius 1 is 1.00 bits per heavy atom. The fourth-order valence-corrected chi connectivity index (χ4v) is 5.33. The lowest BCUT2D eigenvalue weighted by molar-refractivity contribution is -0.277. The van der Waals surface area contributed by atoms with E-state index in [1.54, 1.807) is 17.4 Å². The third-order valence-corrected chi connectivity index (χ3v) is 7.77. The Labute approximate surface area is 246 Å². The minimum absolute atomic E-state index is 0.0553. The molecule has 218 valence electrons. The summed E-state index contributed by atoms with van der Waals surface area (Å²) in [6.07, 6.45) is -5.49. The third kappa shape index (κ3) is 6.98. The Balaban J connectivity index is 1.30. The number of hydrogen-bond acceptors (Lipinski definition) is 7. The van der Waals surface area contributed by atoms with Crippen molar-refractivity contribution < 1.29 is 32.2 Å². The molecule has 0 saturated heterocycles. The van der Waals surface area contributed by atoms with Crippen LogP contribution in [0.2, 0.25) is 0 Å². The number of aromatic nitrogens is 1. The normalized spacial score (nSPS) is 13.5. The maximum atomic E-state index is 14.1. The van der Waals surface area contributed by atoms with Crippen LogP contribution in [0.3, 0.4) is 0 Å². The van der Waals surface area contributed by atoms with E-state index >= 15 is 0 Å². The Bertz CT molecular complexity index is 1500. The van der Waals surface area contributed by atoms with Gasteiger partial charge in [0.25, 0.3) is 5.60 Å². The van der Waals surface area contributed by atoms with Crippen molar-refractivity contribution in [2.45, 2.75) is 50.7 Å². The molecule has 0 fully saturated rings. The summed E-state index contributed by atoms with van der Waals surface area (Å²) in [5.74, 6) is -1.01. The van der Waals surface area contributed by atoms with E-state index in [2.05, 4.69) is 0 Å². The molecule has 1 aromatic heterocycles. The van der Waals surface area contributed by atoms with Gasteiger partial charge in [-0.2, -0.15) is 18.4 Å². The summed E-state index contributed by atoms with van der Waals surface area (Å²) in [7, 11) is 0.788. The number of benzene rings is 3. The van der Waals surface area contributed by atoms with Gasteiger partial charge in [0.1, 0.15) is 23.4 Å². The first-order chi connectivity index (χ1) is 20.2. The molecule has 0 aliphatic carbocycles. The molecule has 0 N–H and O–H groups in total. The largest absolute Gasteiger partial charge is 0.487 e. The molecule has 0 amide bonds. The Kier molecular flexibility index (Phi) is 9.99. The van der Waals surface area contributed by atoms with Crippen molar-refractivity contribution in [2.75, 3.05) is 7.11 Å². The van der Waals surface area contributed by atoms with Gasteiger partial charge in [-0.25, -0.2) is 9.78 Å². The van der Waals surface area contributed by atoms with Gasteiger partial charge in [0.2, 0.25) is 0 Å². The highest BCUT2D eigenvalue weighted by molar-refractivity contribution is 7.15. The first-order valence-electron chi connectivity index (χ1n) is 13.2. The summed E-state index contributed by atoms with van der Waals surface area (Å²) < 4.78 is 58.0. The summed E-state index contributed by atoms with van der Waals surface area (Å²) in [6.45, 7) is 2.34. The van der Waals surface area contributed by atoms with Gasteiger partial charge in [-0.05, 0) is 43.9 Å². The highest BCUT2D eigenvalue weighted by atomic mass is 32.1. The van der Waals surface area contributed by atoms with E-state index in [1.807, 2.05) is 61.5 Å². The van der Waals surface area contributed by atoms with Gasteiger partial charge in [-0.3, -0.25) is 0 Å². The minimum Gasteiger partial charge on any atom is -0.487 e. The number of nitrogens with zero attached hydrogens (tertiary/aromatic N) is 2. The van der Waals surface area contributed by atoms with Crippen LogP contribution >= 0.6 is 11.3 Å². The molecular weight excluding hydrogens is 565 g/mol. The molecule has 42 heavy (non-hydrogen) atoms. The van der Waals surface area contributed by atoms with E-state index in [9.17, 15) is 23.2 Å². The van der Waals surface area contributed by atoms with Crippen molar-refractivity contribution in [2.24, 2.45) is 0 Å². The van der Waals surface area contributed by atoms with Crippen molar-refractivity contribution in [1.29, 1.82) is 5.26 Å². The number of rotatable bonds is 12. The van der Waals surface area contributed by atoms with Crippen LogP contribution < -0.4 is 4.74 Å². The molecule has 0 saturated carbocycles. The lowest BCUT2D eigenvalue weighted by Crippen LogP contribution is -2.52. The van der Waals surface area contributed by atoms with Crippen molar-refractivity contribution in [3.63, 3.8) is 0 Å². The number of aryl methyl sites for hydroxylation is 2. The molecule has 3 aromatic carbocycles. The summed E-state index contributed by atoms with van der Waals surface area (Å²) in [5, 5.41) is 10.4. The molecule has 4 aromatic rings. The molecule has 2 atom stereocenters. The highest BCUT2D eigenvalue weighted by Gasteiger charge is 2.64. The van der Waals surface area contributed by atoms with Crippen LogP contribution in [0.25, 0.3) is 10.6 Å². The first-order valence-corrected chi connectivity index (χ1v) is 14.0. The Hall–Kier alpha value is -4.20. The fraction of sp³-hybridized carbons (Fsp3) is 0.281. The number of methoxy groups -OCH3 is 1. The second-order valence-electron chi connectivity index (χ2n) is 9.48. The van der Waals surface area contributed by atoms with Crippen LogP contribution in [-0.2, 0) is 32.9 Å². The zero-order chi connectivity index (χ0) is 30.2. The standard InChI is InChI=1S/C32H29F3N2O4S/c1-22-28(37-29(42-22)24-11-5-3-6-12-24)21-40-26-18-16-23(17-19-26)10-9-15-27(20-36)41-30(38)31(39-2,32(33,34)35)25-13-7-4-8-14-25/h3-8,11-14,16-19,27H,9-10,15,21H2,1-2H3/t27-,31-/m1/s1. The molecule has 0 aliphatic rings. The van der Waals surface area contributed by atoms with Crippen molar-refractivity contribution >= 4 is 17.3 Å². The van der Waals surface area contributed by atoms with Gasteiger partial charge in [-0.15, -0.1) is 11.3 Å². The molecule has 10 heteroatoms. The molecule has 6 nitrogen and oxygen atoms in total. The topological polar surface area (TPSA) is 81.4 Å². The van der Waals surface area contributed by atoms with Gasteiger partial charge in [-0.1, -0.05) is 72.8 Å². The number of nitriles is 1. The highest BCUT2D eigenvalue weighted by Crippen LogP contribution is 2.43. The number of hydrogen-bond donors (Lipinski definition) is 0. The quantitative estimate of drug-likeness (QED) is 0.158. The lowest BCUT2D eigenvalue weighted by atomic mass is 9.92. The van der Waals surface area contributed by atoms with Gasteiger partial charge >= 0.3 is 12.1 Å². The Morgan fingerprint density at radius 3 is 2.24 bits per heavy atom. The average Bonchev–Trinajstić information content (AvgIpc) is 3.37. The summed E-state index contributed by atoms with van der Waals surface area (Å²) in [6, 6.07) is 25.6. The average molecular weight is 595 g/mol. The van der Waals surface area contributed by atoms with Crippen molar-refractivity contribution in [3.8, 4) is 22.4 Å². The molecule has 0 unspecified atom stereocenters. The van der Waals surface area contributed by atoms with Gasteiger partial charge < -0.3 is 14.2 Å². The van der Waals surface area contributed by atoms with Crippen molar-refractivity contribution in [1.82, 2.24) is 4.98 Å². The Morgan fingerprint density at radius 2 is 1.64 bits per heavy atom. The SMILES string of the molecule is CO[C@@](C(=O)O[C@@H](C#N)CCCc1ccc(OCc2nc(-c3ccccc3)sc2C)cc1)(c1ccccc1)C(F)(F)F. The van der Waals surface area contributed by atoms with Crippen LogP contribution in [0, 0.1) is 18.3 Å². The van der Waals surface area contributed by atoms with Crippen LogP contribution in [0.15, 0.2) is 84.9 Å². The monoisotopic (exact) mass is 594 g/mol. The van der Waals surface area contributed by atoms with E-state index < -0.39 is 29.4 Å². The number of carbonyl (C=O) groups is 1. The zero-order valence-corrected chi connectivity index (χ0v) is 23.9. The fourth-order valence-electron chi connectivity index (χ4n) is 4.41. The van der Waals surface area contributed by atoms with E-state index in [1.165, 1.54) is 18.2 Å². The van der Waals surface area contributed by atoms with E-state index in [0.717, 1.165) is 45.9 Å². The maximum absolute atomic E-state index is 14.1. The van der Waals surface area contributed by atoms with E-state index in [0.29, 0.717) is 25.2 Å². The molecule has 0 aliphatic heterocycles. The molecule has 1 heterocycles. The van der Waals surface area contributed by atoms with Crippen LogP contribution in [0.5, 0.6) is 5.75 Å². The maximum Gasteiger partial charge on any atom is 0.432 e. The first kappa shape index (κ1) is 30.8. The second kappa shape index (κ2) is 13.6. The van der Waals surface area contributed by atoms with Gasteiger partial charge in [0.05, 0.1) is 5.69 Å². The number of carbonyl (C=O) groups excluding carboxylic acids is 1. The predicted molar refractivity (Wildman–Crippen MR) is 153 cm³/mol. The van der Waals surface area contributed by atoms with Gasteiger partial charge in [0.15, 0.2) is 6.10 Å². The number of thiazole rings is 1. The molecule has 0 bridgehead atoms. The number of halogens is 3. The molecular formula is C32H29F3N2O4S. The van der Waals surface area contributed by atoms with E-state index in [-0.39, 0.29) is 6.42 Å². The third-order valence-electron chi connectivity index (χ3n) is 6.71. The van der Waals surface area contributed by atoms with Crippen LogP contribution in [0.1, 0.15) is 34.5 Å². The van der Waals surface area contributed by atoms with Gasteiger partial charge in [0, 0.05) is 23.1 Å². The summed E-state index contributed by atoms with van der Waals surface area (Å²) in [4.78, 5) is 18.6.